The van der Waals surface area contributed by atoms with Crippen molar-refractivity contribution in [1.29, 1.82) is 0 Å². The Morgan fingerprint density at radius 1 is 1.03 bits per heavy atom. The minimum Gasteiger partial charge on any atom is -0.497 e. The zero-order valence-electron chi connectivity index (χ0n) is 17.0. The number of carbonyl (C=O) groups is 1. The molecule has 0 amide bonds. The summed E-state index contributed by atoms with van der Waals surface area (Å²) in [4.78, 5) is 14.5. The molecule has 0 N–H and O–H groups in total. The van der Waals surface area contributed by atoms with Crippen molar-refractivity contribution in [2.75, 3.05) is 33.1 Å². The third kappa shape index (κ3) is 5.51. The molecule has 162 valence electrons. The van der Waals surface area contributed by atoms with E-state index in [1.54, 1.807) is 31.4 Å². The van der Waals surface area contributed by atoms with E-state index in [2.05, 4.69) is 0 Å². The SMILES string of the molecule is COC(=O)C1CN(Cc2ccc(OC)cc2)CCS(=O)(=O)N1Cc1ccc(Cl)cc1. The molecule has 0 bridgehead atoms. The molecule has 1 unspecified atom stereocenters. The molecule has 3 rings (SSSR count). The Hall–Kier alpha value is -2.13. The molecular weight excluding hydrogens is 428 g/mol. The number of benzene rings is 2. The molecule has 1 heterocycles. The first-order valence-electron chi connectivity index (χ1n) is 9.49. The number of rotatable bonds is 6. The summed E-state index contributed by atoms with van der Waals surface area (Å²) < 4.78 is 37.4. The zero-order valence-corrected chi connectivity index (χ0v) is 18.5. The van der Waals surface area contributed by atoms with Crippen LogP contribution in [0.2, 0.25) is 5.02 Å². The van der Waals surface area contributed by atoms with Crippen LogP contribution in [0.25, 0.3) is 0 Å². The van der Waals surface area contributed by atoms with Crippen molar-refractivity contribution < 1.29 is 22.7 Å². The third-order valence-electron chi connectivity index (χ3n) is 5.09. The number of ether oxygens (including phenoxy) is 2. The van der Waals surface area contributed by atoms with Crippen molar-refractivity contribution in [2.24, 2.45) is 0 Å². The van der Waals surface area contributed by atoms with Gasteiger partial charge in [-0.25, -0.2) is 8.42 Å². The van der Waals surface area contributed by atoms with Crippen LogP contribution in [0.3, 0.4) is 0 Å². The fourth-order valence-electron chi connectivity index (χ4n) is 3.42. The number of esters is 1. The van der Waals surface area contributed by atoms with Gasteiger partial charge in [0.15, 0.2) is 0 Å². The van der Waals surface area contributed by atoms with E-state index in [-0.39, 0.29) is 18.8 Å². The van der Waals surface area contributed by atoms with Gasteiger partial charge in [0.2, 0.25) is 10.0 Å². The van der Waals surface area contributed by atoms with Gasteiger partial charge in [-0.3, -0.25) is 9.69 Å². The minimum absolute atomic E-state index is 0.0790. The van der Waals surface area contributed by atoms with Crippen LogP contribution in [0.5, 0.6) is 5.75 Å². The molecule has 0 saturated carbocycles. The van der Waals surface area contributed by atoms with Gasteiger partial charge in [0.1, 0.15) is 11.8 Å². The Balaban J connectivity index is 1.84. The van der Waals surface area contributed by atoms with Gasteiger partial charge in [0, 0.05) is 31.2 Å². The maximum Gasteiger partial charge on any atom is 0.325 e. The number of methoxy groups -OCH3 is 2. The molecular formula is C21H25ClN2O5S. The Labute approximate surface area is 182 Å². The van der Waals surface area contributed by atoms with E-state index in [0.29, 0.717) is 18.1 Å². The third-order valence-corrected chi connectivity index (χ3v) is 7.14. The fraction of sp³-hybridized carbons (Fsp3) is 0.381. The number of hydrogen-bond donors (Lipinski definition) is 0. The minimum atomic E-state index is -3.67. The monoisotopic (exact) mass is 452 g/mol. The lowest BCUT2D eigenvalue weighted by molar-refractivity contribution is -0.145. The maximum absolute atomic E-state index is 13.0. The molecule has 0 aromatic heterocycles. The summed E-state index contributed by atoms with van der Waals surface area (Å²) in [5, 5.41) is 0.563. The molecule has 1 fully saturated rings. The molecule has 0 aliphatic carbocycles. The number of halogens is 1. The Morgan fingerprint density at radius 2 is 1.63 bits per heavy atom. The average Bonchev–Trinajstić information content (AvgIpc) is 2.86. The first-order chi connectivity index (χ1) is 14.3. The van der Waals surface area contributed by atoms with Gasteiger partial charge in [-0.2, -0.15) is 4.31 Å². The lowest BCUT2D eigenvalue weighted by Gasteiger charge is -2.28. The fourth-order valence-corrected chi connectivity index (χ4v) is 5.16. The highest BCUT2D eigenvalue weighted by Crippen LogP contribution is 2.22. The zero-order chi connectivity index (χ0) is 21.7. The molecule has 30 heavy (non-hydrogen) atoms. The van der Waals surface area contributed by atoms with Gasteiger partial charge in [-0.1, -0.05) is 35.9 Å². The summed E-state index contributed by atoms with van der Waals surface area (Å²) in [6.45, 7) is 1.15. The summed E-state index contributed by atoms with van der Waals surface area (Å²) in [5.41, 5.74) is 1.75. The van der Waals surface area contributed by atoms with Crippen LogP contribution < -0.4 is 4.74 Å². The van der Waals surface area contributed by atoms with Crippen molar-refractivity contribution in [3.05, 3.63) is 64.7 Å². The highest BCUT2D eigenvalue weighted by molar-refractivity contribution is 7.89. The van der Waals surface area contributed by atoms with Gasteiger partial charge in [-0.05, 0) is 35.4 Å². The lowest BCUT2D eigenvalue weighted by Crippen LogP contribution is -2.48. The summed E-state index contributed by atoms with van der Waals surface area (Å²) >= 11 is 5.93. The molecule has 2 aromatic rings. The largest absolute Gasteiger partial charge is 0.497 e. The summed E-state index contributed by atoms with van der Waals surface area (Å²) in [6.07, 6.45) is 0. The van der Waals surface area contributed by atoms with Crippen molar-refractivity contribution >= 4 is 27.6 Å². The molecule has 0 spiro atoms. The molecule has 0 radical (unpaired) electrons. The number of nitrogens with zero attached hydrogens (tertiary/aromatic N) is 2. The van der Waals surface area contributed by atoms with E-state index in [1.165, 1.54) is 11.4 Å². The van der Waals surface area contributed by atoms with Gasteiger partial charge < -0.3 is 9.47 Å². The molecule has 2 aromatic carbocycles. The molecule has 1 saturated heterocycles. The van der Waals surface area contributed by atoms with E-state index >= 15 is 0 Å². The highest BCUT2D eigenvalue weighted by atomic mass is 35.5. The number of hydrogen-bond acceptors (Lipinski definition) is 6. The normalized spacial score (nSPS) is 19.8. The topological polar surface area (TPSA) is 76.1 Å². The predicted molar refractivity (Wildman–Crippen MR) is 115 cm³/mol. The number of sulfonamides is 1. The van der Waals surface area contributed by atoms with E-state index in [4.69, 9.17) is 21.1 Å². The Bertz CT molecular complexity index is 964. The molecule has 9 heteroatoms. The van der Waals surface area contributed by atoms with Gasteiger partial charge in [0.25, 0.3) is 0 Å². The summed E-state index contributed by atoms with van der Waals surface area (Å²) in [5.74, 6) is 0.0949. The Kier molecular flexibility index (Phi) is 7.36. The van der Waals surface area contributed by atoms with Crippen LogP contribution in [0.15, 0.2) is 48.5 Å². The second-order valence-electron chi connectivity index (χ2n) is 7.11. The average molecular weight is 453 g/mol. The summed E-state index contributed by atoms with van der Waals surface area (Å²) in [7, 11) is -0.797. The van der Waals surface area contributed by atoms with Gasteiger partial charge in [-0.15, -0.1) is 0 Å². The Morgan fingerprint density at radius 3 is 2.23 bits per heavy atom. The molecule has 1 aliphatic rings. The smallest absolute Gasteiger partial charge is 0.325 e. The van der Waals surface area contributed by atoms with Crippen molar-refractivity contribution in [1.82, 2.24) is 9.21 Å². The van der Waals surface area contributed by atoms with Crippen LogP contribution >= 0.6 is 11.6 Å². The van der Waals surface area contributed by atoms with Gasteiger partial charge >= 0.3 is 5.97 Å². The summed E-state index contributed by atoms with van der Waals surface area (Å²) in [6, 6.07) is 13.5. The van der Waals surface area contributed by atoms with Gasteiger partial charge in [0.05, 0.1) is 20.0 Å². The number of carbonyl (C=O) groups excluding carboxylic acids is 1. The first-order valence-corrected chi connectivity index (χ1v) is 11.5. The quantitative estimate of drug-likeness (QED) is 0.627. The van der Waals surface area contributed by atoms with Crippen molar-refractivity contribution in [3.8, 4) is 5.75 Å². The van der Waals surface area contributed by atoms with E-state index in [9.17, 15) is 13.2 Å². The van der Waals surface area contributed by atoms with E-state index in [1.807, 2.05) is 29.2 Å². The van der Waals surface area contributed by atoms with Crippen LogP contribution in [-0.4, -0.2) is 62.7 Å². The van der Waals surface area contributed by atoms with Crippen LogP contribution in [-0.2, 0) is 32.6 Å². The van der Waals surface area contributed by atoms with Crippen molar-refractivity contribution in [2.45, 2.75) is 19.1 Å². The predicted octanol–water partition coefficient (Wildman–Crippen LogP) is 2.54. The van der Waals surface area contributed by atoms with Crippen LogP contribution in [0.1, 0.15) is 11.1 Å². The maximum atomic E-state index is 13.0. The molecule has 1 atom stereocenters. The first kappa shape index (κ1) is 22.6. The highest BCUT2D eigenvalue weighted by Gasteiger charge is 2.39. The van der Waals surface area contributed by atoms with Crippen LogP contribution in [0, 0.1) is 0 Å². The van der Waals surface area contributed by atoms with E-state index < -0.39 is 22.0 Å². The lowest BCUT2D eigenvalue weighted by atomic mass is 10.1. The molecule has 1 aliphatic heterocycles. The molecule has 7 nitrogen and oxygen atoms in total. The van der Waals surface area contributed by atoms with E-state index in [0.717, 1.165) is 16.9 Å². The van der Waals surface area contributed by atoms with Crippen LogP contribution in [0.4, 0.5) is 0 Å². The van der Waals surface area contributed by atoms with Crippen molar-refractivity contribution in [3.63, 3.8) is 0 Å². The second-order valence-corrected chi connectivity index (χ2v) is 9.59. The standard InChI is InChI=1S/C21H25ClN2O5S/c1-28-19-9-5-16(6-10-19)13-23-11-12-30(26,27)24(20(15-23)21(25)29-2)14-17-3-7-18(22)8-4-17/h3-10,20H,11-15H2,1-2H3. The second kappa shape index (κ2) is 9.78.